The van der Waals surface area contributed by atoms with Crippen LogP contribution in [0.15, 0.2) is 12.1 Å². The van der Waals surface area contributed by atoms with Gasteiger partial charge in [0.25, 0.3) is 0 Å². The van der Waals surface area contributed by atoms with Crippen LogP contribution in [0.3, 0.4) is 0 Å². The molecule has 154 valence electrons. The number of benzene rings is 1. The van der Waals surface area contributed by atoms with Crippen LogP contribution in [-0.2, 0) is 28.9 Å². The number of carbonyl (C=O) groups excluding carboxylic acids is 2. The van der Waals surface area contributed by atoms with E-state index in [1.807, 2.05) is 0 Å². The molecule has 3 N–H and O–H groups in total. The van der Waals surface area contributed by atoms with E-state index in [1.54, 1.807) is 7.05 Å². The first-order valence-electron chi connectivity index (χ1n) is 9.38. The van der Waals surface area contributed by atoms with E-state index >= 15 is 0 Å². The van der Waals surface area contributed by atoms with Gasteiger partial charge in [0.05, 0.1) is 22.0 Å². The molecule has 10 heteroatoms. The number of amides is 2. The number of ether oxygens (including phenoxy) is 1. The summed E-state index contributed by atoms with van der Waals surface area (Å²) in [5.74, 6) is -0.288. The molecule has 1 aliphatic carbocycles. The molecule has 0 saturated heterocycles. The Bertz CT molecular complexity index is 993. The van der Waals surface area contributed by atoms with Crippen LogP contribution in [0, 0.1) is 5.82 Å². The highest BCUT2D eigenvalue weighted by molar-refractivity contribution is 6.31. The number of hydrogen-bond acceptors (Lipinski definition) is 5. The number of nitrogen functional groups attached to an aromatic ring is 1. The molecule has 2 heterocycles. The lowest BCUT2D eigenvalue weighted by atomic mass is 10.0. The molecule has 1 aliphatic heterocycles. The number of nitrogens with two attached hydrogens (primary N) is 1. The van der Waals surface area contributed by atoms with Crippen LogP contribution in [0.25, 0.3) is 0 Å². The molecule has 0 radical (unpaired) electrons. The first kappa shape index (κ1) is 19.5. The Morgan fingerprint density at radius 3 is 3.03 bits per heavy atom. The van der Waals surface area contributed by atoms with Gasteiger partial charge in [-0.2, -0.15) is 5.10 Å². The van der Waals surface area contributed by atoms with Crippen molar-refractivity contribution in [2.75, 3.05) is 24.6 Å². The third kappa shape index (κ3) is 3.62. The molecule has 0 spiro atoms. The van der Waals surface area contributed by atoms with Gasteiger partial charge in [-0.1, -0.05) is 11.6 Å². The van der Waals surface area contributed by atoms with Gasteiger partial charge in [-0.05, 0) is 31.4 Å². The standard InChI is InChI=1S/C19H21ClFN5O3/c1-25(15(27)9-26-18(22)10-3-2-4-12(10)24-26)8-7-14-16-13(23-19(28)29-14)6-5-11(20)17(16)21/h5-6,14H,2-4,7-9,22H2,1H3,(H,23,28)/t14-/m1/s1. The maximum absolute atomic E-state index is 14.5. The number of cyclic esters (lactones) is 1. The second-order valence-electron chi connectivity index (χ2n) is 7.27. The molecule has 2 aliphatic rings. The van der Waals surface area contributed by atoms with Crippen molar-refractivity contribution in [1.82, 2.24) is 14.7 Å². The van der Waals surface area contributed by atoms with E-state index in [0.717, 1.165) is 30.5 Å². The van der Waals surface area contributed by atoms with Crippen LogP contribution in [-0.4, -0.2) is 40.3 Å². The van der Waals surface area contributed by atoms with E-state index in [-0.39, 0.29) is 36.0 Å². The Balaban J connectivity index is 1.42. The Labute approximate surface area is 171 Å². The summed E-state index contributed by atoms with van der Waals surface area (Å²) in [6.07, 6.45) is 1.52. The van der Waals surface area contributed by atoms with E-state index in [9.17, 15) is 14.0 Å². The maximum Gasteiger partial charge on any atom is 0.412 e. The molecule has 1 aromatic heterocycles. The number of halogens is 2. The molecule has 0 unspecified atom stereocenters. The lowest BCUT2D eigenvalue weighted by molar-refractivity contribution is -0.131. The average molecular weight is 422 g/mol. The number of aryl methyl sites for hydroxylation is 1. The lowest BCUT2D eigenvalue weighted by Crippen LogP contribution is -2.34. The van der Waals surface area contributed by atoms with Gasteiger partial charge in [-0.25, -0.2) is 13.9 Å². The third-order valence-electron chi connectivity index (χ3n) is 5.40. The van der Waals surface area contributed by atoms with E-state index in [4.69, 9.17) is 22.1 Å². The number of nitrogens with zero attached hydrogens (tertiary/aromatic N) is 3. The number of rotatable bonds is 5. The van der Waals surface area contributed by atoms with E-state index in [1.165, 1.54) is 21.7 Å². The Morgan fingerprint density at radius 1 is 1.48 bits per heavy atom. The van der Waals surface area contributed by atoms with Gasteiger partial charge in [0.1, 0.15) is 18.5 Å². The normalized spacial score (nSPS) is 17.3. The van der Waals surface area contributed by atoms with E-state index in [2.05, 4.69) is 10.4 Å². The Hall–Kier alpha value is -2.81. The van der Waals surface area contributed by atoms with Crippen molar-refractivity contribution in [3.63, 3.8) is 0 Å². The highest BCUT2D eigenvalue weighted by Crippen LogP contribution is 2.37. The molecule has 1 aromatic carbocycles. The second-order valence-corrected chi connectivity index (χ2v) is 7.67. The Kier molecular flexibility index (Phi) is 5.08. The van der Waals surface area contributed by atoms with Gasteiger partial charge < -0.3 is 15.4 Å². The highest BCUT2D eigenvalue weighted by atomic mass is 35.5. The summed E-state index contributed by atoms with van der Waals surface area (Å²) >= 11 is 5.87. The predicted molar refractivity (Wildman–Crippen MR) is 105 cm³/mol. The largest absolute Gasteiger partial charge is 0.441 e. The van der Waals surface area contributed by atoms with Crippen molar-refractivity contribution >= 4 is 35.1 Å². The van der Waals surface area contributed by atoms with Gasteiger partial charge in [0, 0.05) is 25.6 Å². The summed E-state index contributed by atoms with van der Waals surface area (Å²) in [6, 6.07) is 2.91. The van der Waals surface area contributed by atoms with Gasteiger partial charge in [0.15, 0.2) is 5.82 Å². The van der Waals surface area contributed by atoms with Crippen molar-refractivity contribution in [2.45, 2.75) is 38.3 Å². The molecule has 0 bridgehead atoms. The van der Waals surface area contributed by atoms with Crippen LogP contribution in [0.1, 0.15) is 35.8 Å². The molecule has 0 fully saturated rings. The first-order valence-corrected chi connectivity index (χ1v) is 9.76. The number of aromatic nitrogens is 2. The zero-order valence-corrected chi connectivity index (χ0v) is 16.6. The molecule has 2 amide bonds. The zero-order valence-electron chi connectivity index (χ0n) is 15.9. The SMILES string of the molecule is CN(CC[C@H]1OC(=O)Nc2ccc(Cl)c(F)c21)C(=O)Cn1nc2c(c1N)CCC2. The summed E-state index contributed by atoms with van der Waals surface area (Å²) in [7, 11) is 1.63. The van der Waals surface area contributed by atoms with Gasteiger partial charge in [-0.15, -0.1) is 0 Å². The molecule has 8 nitrogen and oxygen atoms in total. The minimum Gasteiger partial charge on any atom is -0.441 e. The first-order chi connectivity index (χ1) is 13.8. The van der Waals surface area contributed by atoms with Crippen LogP contribution in [0.2, 0.25) is 5.02 Å². The average Bonchev–Trinajstić information content (AvgIpc) is 3.25. The van der Waals surface area contributed by atoms with Crippen LogP contribution in [0.4, 0.5) is 20.7 Å². The fraction of sp³-hybridized carbons (Fsp3) is 0.421. The molecular formula is C19H21ClFN5O3. The van der Waals surface area contributed by atoms with Crippen molar-refractivity contribution in [3.05, 3.63) is 39.8 Å². The fourth-order valence-corrected chi connectivity index (χ4v) is 3.96. The number of likely N-dealkylation sites (N-methyl/N-ethyl adjacent to an activating group) is 1. The molecular weight excluding hydrogens is 401 g/mol. The van der Waals surface area contributed by atoms with Crippen molar-refractivity contribution in [1.29, 1.82) is 0 Å². The number of hydrogen-bond donors (Lipinski definition) is 2. The van der Waals surface area contributed by atoms with Gasteiger partial charge in [-0.3, -0.25) is 10.1 Å². The summed E-state index contributed by atoms with van der Waals surface area (Å²) in [6.45, 7) is 0.279. The van der Waals surface area contributed by atoms with Gasteiger partial charge >= 0.3 is 6.09 Å². The van der Waals surface area contributed by atoms with Gasteiger partial charge in [0.2, 0.25) is 5.91 Å². The number of nitrogens with one attached hydrogen (secondary N) is 1. The third-order valence-corrected chi connectivity index (χ3v) is 5.69. The monoisotopic (exact) mass is 421 g/mol. The van der Waals surface area contributed by atoms with E-state index < -0.39 is 18.0 Å². The van der Waals surface area contributed by atoms with Crippen LogP contribution < -0.4 is 11.1 Å². The maximum atomic E-state index is 14.5. The lowest BCUT2D eigenvalue weighted by Gasteiger charge is -2.28. The molecule has 29 heavy (non-hydrogen) atoms. The van der Waals surface area contributed by atoms with Crippen molar-refractivity contribution in [3.8, 4) is 0 Å². The number of anilines is 2. The summed E-state index contributed by atoms with van der Waals surface area (Å²) in [5.41, 5.74) is 8.61. The highest BCUT2D eigenvalue weighted by Gasteiger charge is 2.31. The van der Waals surface area contributed by atoms with E-state index in [0.29, 0.717) is 11.5 Å². The minimum atomic E-state index is -0.841. The second kappa shape index (κ2) is 7.55. The molecule has 0 saturated carbocycles. The quantitative estimate of drug-likeness (QED) is 0.772. The summed E-state index contributed by atoms with van der Waals surface area (Å²) in [5, 5.41) is 6.83. The summed E-state index contributed by atoms with van der Waals surface area (Å²) < 4.78 is 21.2. The Morgan fingerprint density at radius 2 is 2.28 bits per heavy atom. The zero-order chi connectivity index (χ0) is 20.7. The van der Waals surface area contributed by atoms with Crippen molar-refractivity contribution in [2.24, 2.45) is 0 Å². The molecule has 2 aromatic rings. The predicted octanol–water partition coefficient (Wildman–Crippen LogP) is 2.90. The smallest absolute Gasteiger partial charge is 0.412 e. The molecule has 1 atom stereocenters. The summed E-state index contributed by atoms with van der Waals surface area (Å²) in [4.78, 5) is 25.8. The number of carbonyl (C=O) groups is 2. The van der Waals surface area contributed by atoms with Crippen LogP contribution in [0.5, 0.6) is 0 Å². The van der Waals surface area contributed by atoms with Crippen LogP contribution >= 0.6 is 11.6 Å². The fourth-order valence-electron chi connectivity index (χ4n) is 3.80. The topological polar surface area (TPSA) is 102 Å². The molecule has 4 rings (SSSR count). The number of fused-ring (bicyclic) bond motifs is 2. The van der Waals surface area contributed by atoms with Crippen molar-refractivity contribution < 1.29 is 18.7 Å². The minimum absolute atomic E-state index is 0.0259.